The van der Waals surface area contributed by atoms with Gasteiger partial charge >= 0.3 is 0 Å². The van der Waals surface area contributed by atoms with E-state index in [1.165, 1.54) is 6.07 Å². The van der Waals surface area contributed by atoms with E-state index < -0.39 is 11.6 Å². The zero-order chi connectivity index (χ0) is 13.0. The average molecular weight is 247 g/mol. The van der Waals surface area contributed by atoms with Crippen molar-refractivity contribution in [3.8, 4) is 11.1 Å². The van der Waals surface area contributed by atoms with Gasteiger partial charge in [-0.2, -0.15) is 0 Å². The number of halogens is 2. The molecule has 0 radical (unpaired) electrons. The Bertz CT molecular complexity index is 521. The molecule has 0 bridgehead atoms. The van der Waals surface area contributed by atoms with Crippen LogP contribution < -0.4 is 5.32 Å². The average Bonchev–Trinajstić information content (AvgIpc) is 2.40. The first-order valence-electron chi connectivity index (χ1n) is 5.96. The van der Waals surface area contributed by atoms with Crippen LogP contribution in [0, 0.1) is 11.6 Å². The van der Waals surface area contributed by atoms with Crippen LogP contribution in [0.25, 0.3) is 11.1 Å². The van der Waals surface area contributed by atoms with Gasteiger partial charge in [0.05, 0.1) is 0 Å². The first-order valence-corrected chi connectivity index (χ1v) is 5.96. The number of hydrogen-bond donors (Lipinski definition) is 1. The van der Waals surface area contributed by atoms with Gasteiger partial charge in [-0.3, -0.25) is 0 Å². The summed E-state index contributed by atoms with van der Waals surface area (Å²) in [7, 11) is 0. The maximum Gasteiger partial charge on any atom is 0.166 e. The van der Waals surface area contributed by atoms with Crippen molar-refractivity contribution >= 4 is 0 Å². The lowest BCUT2D eigenvalue weighted by atomic mass is 10.0. The summed E-state index contributed by atoms with van der Waals surface area (Å²) in [6.07, 6.45) is 0. The molecule has 0 aliphatic carbocycles. The highest BCUT2D eigenvalue weighted by Crippen LogP contribution is 2.24. The number of nitrogens with one attached hydrogen (secondary N) is 1. The van der Waals surface area contributed by atoms with E-state index in [9.17, 15) is 8.78 Å². The van der Waals surface area contributed by atoms with Crippen LogP contribution in [0.1, 0.15) is 12.5 Å². The smallest absolute Gasteiger partial charge is 0.166 e. The van der Waals surface area contributed by atoms with Crippen molar-refractivity contribution in [1.29, 1.82) is 0 Å². The van der Waals surface area contributed by atoms with Crippen LogP contribution in [0.15, 0.2) is 42.5 Å². The summed E-state index contributed by atoms with van der Waals surface area (Å²) >= 11 is 0. The second kappa shape index (κ2) is 5.74. The van der Waals surface area contributed by atoms with Crippen LogP contribution in [0.5, 0.6) is 0 Å². The summed E-state index contributed by atoms with van der Waals surface area (Å²) in [6.45, 7) is 3.72. The SMILES string of the molecule is CCNCc1ccc(-c2cccc(F)c2F)cc1. The molecule has 18 heavy (non-hydrogen) atoms. The molecular weight excluding hydrogens is 232 g/mol. The van der Waals surface area contributed by atoms with Crippen LogP contribution in [0.3, 0.4) is 0 Å². The van der Waals surface area contributed by atoms with Gasteiger partial charge in [-0.25, -0.2) is 8.78 Å². The van der Waals surface area contributed by atoms with Gasteiger partial charge in [0, 0.05) is 12.1 Å². The normalized spacial score (nSPS) is 10.6. The predicted molar refractivity (Wildman–Crippen MR) is 69.2 cm³/mol. The van der Waals surface area contributed by atoms with E-state index in [4.69, 9.17) is 0 Å². The van der Waals surface area contributed by atoms with Gasteiger partial charge in [0.15, 0.2) is 11.6 Å². The van der Waals surface area contributed by atoms with Crippen LogP contribution in [-0.2, 0) is 6.54 Å². The highest BCUT2D eigenvalue weighted by molar-refractivity contribution is 5.64. The van der Waals surface area contributed by atoms with Crippen LogP contribution in [0.2, 0.25) is 0 Å². The van der Waals surface area contributed by atoms with Crippen molar-refractivity contribution < 1.29 is 8.78 Å². The van der Waals surface area contributed by atoms with Gasteiger partial charge in [-0.1, -0.05) is 43.3 Å². The Morgan fingerprint density at radius 1 is 1.00 bits per heavy atom. The topological polar surface area (TPSA) is 12.0 Å². The Labute approximate surface area is 105 Å². The summed E-state index contributed by atoms with van der Waals surface area (Å²) in [5, 5.41) is 3.21. The predicted octanol–water partition coefficient (Wildman–Crippen LogP) is 3.74. The molecule has 0 heterocycles. The summed E-state index contributed by atoms with van der Waals surface area (Å²) in [5.74, 6) is -1.61. The second-order valence-electron chi connectivity index (χ2n) is 4.08. The third-order valence-electron chi connectivity index (χ3n) is 2.80. The summed E-state index contributed by atoms with van der Waals surface area (Å²) < 4.78 is 26.7. The van der Waals surface area contributed by atoms with E-state index in [0.717, 1.165) is 24.7 Å². The Balaban J connectivity index is 2.26. The fourth-order valence-corrected chi connectivity index (χ4v) is 1.80. The van der Waals surface area contributed by atoms with Crippen molar-refractivity contribution in [2.24, 2.45) is 0 Å². The Kier molecular flexibility index (Phi) is 4.05. The minimum absolute atomic E-state index is 0.296. The van der Waals surface area contributed by atoms with Crippen LogP contribution in [-0.4, -0.2) is 6.54 Å². The third kappa shape index (κ3) is 2.74. The lowest BCUT2D eigenvalue weighted by Crippen LogP contribution is -2.11. The molecule has 2 rings (SSSR count). The molecule has 0 saturated heterocycles. The largest absolute Gasteiger partial charge is 0.313 e. The molecule has 94 valence electrons. The molecule has 0 unspecified atom stereocenters. The van der Waals surface area contributed by atoms with E-state index in [-0.39, 0.29) is 0 Å². The second-order valence-corrected chi connectivity index (χ2v) is 4.08. The fraction of sp³-hybridized carbons (Fsp3) is 0.200. The molecule has 0 saturated carbocycles. The van der Waals surface area contributed by atoms with Crippen molar-refractivity contribution in [2.45, 2.75) is 13.5 Å². The zero-order valence-corrected chi connectivity index (χ0v) is 10.2. The van der Waals surface area contributed by atoms with E-state index in [0.29, 0.717) is 11.1 Å². The number of hydrogen-bond acceptors (Lipinski definition) is 1. The minimum atomic E-state index is -0.816. The van der Waals surface area contributed by atoms with Crippen molar-refractivity contribution in [3.63, 3.8) is 0 Å². The first-order chi connectivity index (χ1) is 8.72. The van der Waals surface area contributed by atoms with Crippen LogP contribution in [0.4, 0.5) is 8.78 Å². The molecule has 0 aliphatic heterocycles. The number of rotatable bonds is 4. The van der Waals surface area contributed by atoms with Crippen molar-refractivity contribution in [3.05, 3.63) is 59.7 Å². The van der Waals surface area contributed by atoms with Crippen molar-refractivity contribution in [2.75, 3.05) is 6.54 Å². The number of benzene rings is 2. The fourth-order valence-electron chi connectivity index (χ4n) is 1.80. The molecule has 0 amide bonds. The summed E-state index contributed by atoms with van der Waals surface area (Å²) in [4.78, 5) is 0. The third-order valence-corrected chi connectivity index (χ3v) is 2.80. The molecule has 1 N–H and O–H groups in total. The molecule has 0 atom stereocenters. The standard InChI is InChI=1S/C15H15F2N/c1-2-18-10-11-6-8-12(9-7-11)13-4-3-5-14(16)15(13)17/h3-9,18H,2,10H2,1H3. The van der Waals surface area contributed by atoms with E-state index in [2.05, 4.69) is 5.32 Å². The van der Waals surface area contributed by atoms with Gasteiger partial charge in [-0.15, -0.1) is 0 Å². The lowest BCUT2D eigenvalue weighted by molar-refractivity contribution is 0.511. The summed E-state index contributed by atoms with van der Waals surface area (Å²) in [6, 6.07) is 11.7. The maximum atomic E-state index is 13.6. The molecule has 0 spiro atoms. The maximum absolute atomic E-state index is 13.6. The van der Waals surface area contributed by atoms with E-state index >= 15 is 0 Å². The molecule has 0 fully saturated rings. The molecule has 1 nitrogen and oxygen atoms in total. The van der Waals surface area contributed by atoms with Crippen molar-refractivity contribution in [1.82, 2.24) is 5.32 Å². The first kappa shape index (κ1) is 12.7. The minimum Gasteiger partial charge on any atom is -0.313 e. The lowest BCUT2D eigenvalue weighted by Gasteiger charge is -2.06. The molecular formula is C15H15F2N. The Morgan fingerprint density at radius 2 is 1.72 bits per heavy atom. The Morgan fingerprint density at radius 3 is 2.39 bits per heavy atom. The molecule has 2 aromatic carbocycles. The molecule has 0 aromatic heterocycles. The van der Waals surface area contributed by atoms with Gasteiger partial charge in [0.1, 0.15) is 0 Å². The van der Waals surface area contributed by atoms with Gasteiger partial charge < -0.3 is 5.32 Å². The highest BCUT2D eigenvalue weighted by Gasteiger charge is 2.09. The molecule has 2 aromatic rings. The Hall–Kier alpha value is -1.74. The summed E-state index contributed by atoms with van der Waals surface area (Å²) in [5.41, 5.74) is 2.11. The molecule has 3 heteroatoms. The zero-order valence-electron chi connectivity index (χ0n) is 10.2. The van der Waals surface area contributed by atoms with Crippen LogP contribution >= 0.6 is 0 Å². The van der Waals surface area contributed by atoms with Gasteiger partial charge in [-0.05, 0) is 23.7 Å². The van der Waals surface area contributed by atoms with E-state index in [1.807, 2.05) is 31.2 Å². The quantitative estimate of drug-likeness (QED) is 0.867. The van der Waals surface area contributed by atoms with Gasteiger partial charge in [0.25, 0.3) is 0 Å². The van der Waals surface area contributed by atoms with Gasteiger partial charge in [0.2, 0.25) is 0 Å². The molecule has 0 aliphatic rings. The highest BCUT2D eigenvalue weighted by atomic mass is 19.2. The monoisotopic (exact) mass is 247 g/mol. The van der Waals surface area contributed by atoms with E-state index in [1.54, 1.807) is 6.07 Å².